The van der Waals surface area contributed by atoms with Crippen LogP contribution in [0, 0.1) is 5.92 Å². The normalized spacial score (nSPS) is 28.6. The summed E-state index contributed by atoms with van der Waals surface area (Å²) in [5.41, 5.74) is 5.00. The number of hydrogen-bond donors (Lipinski definition) is 2. The van der Waals surface area contributed by atoms with Crippen LogP contribution in [0.3, 0.4) is 0 Å². The summed E-state index contributed by atoms with van der Waals surface area (Å²) in [6.07, 6.45) is -2.78. The average Bonchev–Trinajstić information content (AvgIpc) is 2.30. The Morgan fingerprint density at radius 1 is 1.30 bits per heavy atom. The second-order valence-corrected chi connectivity index (χ2v) is 7.65. The standard InChI is InChI=1S/C12H23F3N2O2S/c1-10-3-6-11(9-16,7-4-10)17-20(18,19)8-2-5-12(13,14)15/h10,17H,2-9,16H2,1H3. The molecule has 0 aromatic rings. The molecule has 0 aromatic heterocycles. The van der Waals surface area contributed by atoms with Crippen molar-refractivity contribution in [2.75, 3.05) is 12.3 Å². The SMILES string of the molecule is CC1CCC(CN)(NS(=O)(=O)CCCC(F)(F)F)CC1. The Morgan fingerprint density at radius 3 is 2.30 bits per heavy atom. The van der Waals surface area contributed by atoms with Gasteiger partial charge in [0.2, 0.25) is 10.0 Å². The molecular formula is C12H23F3N2O2S. The summed E-state index contributed by atoms with van der Waals surface area (Å²) in [6.45, 7) is 2.27. The van der Waals surface area contributed by atoms with Crippen LogP contribution < -0.4 is 10.5 Å². The summed E-state index contributed by atoms with van der Waals surface area (Å²) in [4.78, 5) is 0. The van der Waals surface area contributed by atoms with Crippen LogP contribution in [-0.2, 0) is 10.0 Å². The monoisotopic (exact) mass is 316 g/mol. The molecule has 0 heterocycles. The fourth-order valence-corrected chi connectivity index (χ4v) is 4.08. The topological polar surface area (TPSA) is 72.2 Å². The molecule has 3 N–H and O–H groups in total. The number of hydrogen-bond acceptors (Lipinski definition) is 3. The Balaban J connectivity index is 2.55. The van der Waals surface area contributed by atoms with Gasteiger partial charge in [-0.2, -0.15) is 13.2 Å². The number of nitrogens with one attached hydrogen (secondary N) is 1. The van der Waals surface area contributed by atoms with Crippen LogP contribution >= 0.6 is 0 Å². The van der Waals surface area contributed by atoms with E-state index in [0.29, 0.717) is 18.8 Å². The molecule has 0 aliphatic heterocycles. The van der Waals surface area contributed by atoms with Gasteiger partial charge in [0.1, 0.15) is 0 Å². The van der Waals surface area contributed by atoms with Crippen molar-refractivity contribution >= 4 is 10.0 Å². The minimum atomic E-state index is -4.32. The first-order chi connectivity index (χ1) is 9.08. The third-order valence-corrected chi connectivity index (χ3v) is 5.44. The van der Waals surface area contributed by atoms with E-state index in [9.17, 15) is 21.6 Å². The summed E-state index contributed by atoms with van der Waals surface area (Å²) in [7, 11) is -3.72. The largest absolute Gasteiger partial charge is 0.389 e. The number of nitrogens with two attached hydrogens (primary N) is 1. The van der Waals surface area contributed by atoms with E-state index in [-0.39, 0.29) is 6.54 Å². The molecule has 4 nitrogen and oxygen atoms in total. The smallest absolute Gasteiger partial charge is 0.329 e. The molecular weight excluding hydrogens is 293 g/mol. The van der Waals surface area contributed by atoms with Gasteiger partial charge in [-0.05, 0) is 38.0 Å². The Morgan fingerprint density at radius 2 is 1.85 bits per heavy atom. The van der Waals surface area contributed by atoms with Gasteiger partial charge in [-0.15, -0.1) is 0 Å². The molecule has 0 bridgehead atoms. The molecule has 1 fully saturated rings. The van der Waals surface area contributed by atoms with Crippen molar-refractivity contribution < 1.29 is 21.6 Å². The molecule has 0 amide bonds. The quantitative estimate of drug-likeness (QED) is 0.789. The van der Waals surface area contributed by atoms with Crippen LogP contribution in [0.15, 0.2) is 0 Å². The Hall–Kier alpha value is -0.340. The van der Waals surface area contributed by atoms with Gasteiger partial charge in [-0.25, -0.2) is 13.1 Å². The van der Waals surface area contributed by atoms with Crippen molar-refractivity contribution in [2.45, 2.75) is 57.2 Å². The third kappa shape index (κ3) is 5.97. The van der Waals surface area contributed by atoms with Gasteiger partial charge in [0.05, 0.1) is 5.75 Å². The number of sulfonamides is 1. The van der Waals surface area contributed by atoms with Crippen LogP contribution in [0.4, 0.5) is 13.2 Å². The third-order valence-electron chi connectivity index (χ3n) is 3.87. The highest BCUT2D eigenvalue weighted by Gasteiger charge is 2.36. The lowest BCUT2D eigenvalue weighted by molar-refractivity contribution is -0.134. The van der Waals surface area contributed by atoms with E-state index >= 15 is 0 Å². The first-order valence-corrected chi connectivity index (χ1v) is 8.51. The highest BCUT2D eigenvalue weighted by Crippen LogP contribution is 2.32. The molecule has 0 unspecified atom stereocenters. The molecule has 0 saturated heterocycles. The van der Waals surface area contributed by atoms with E-state index in [2.05, 4.69) is 11.6 Å². The summed E-state index contributed by atoms with van der Waals surface area (Å²) in [6, 6.07) is 0. The maximum absolute atomic E-state index is 12.0. The molecule has 120 valence electrons. The van der Waals surface area contributed by atoms with Gasteiger partial charge < -0.3 is 5.73 Å². The zero-order valence-corrected chi connectivity index (χ0v) is 12.5. The second kappa shape index (κ2) is 6.62. The fraction of sp³-hybridized carbons (Fsp3) is 1.00. The first kappa shape index (κ1) is 17.7. The van der Waals surface area contributed by atoms with E-state index in [1.54, 1.807) is 0 Å². The van der Waals surface area contributed by atoms with Crippen molar-refractivity contribution in [3.63, 3.8) is 0 Å². The van der Waals surface area contributed by atoms with Crippen LogP contribution in [0.25, 0.3) is 0 Å². The first-order valence-electron chi connectivity index (χ1n) is 6.86. The Kier molecular flexibility index (Phi) is 5.86. The molecule has 1 saturated carbocycles. The maximum atomic E-state index is 12.0. The summed E-state index contributed by atoms with van der Waals surface area (Å²) >= 11 is 0. The van der Waals surface area contributed by atoms with Crippen molar-refractivity contribution in [3.05, 3.63) is 0 Å². The van der Waals surface area contributed by atoms with Crippen LogP contribution in [0.2, 0.25) is 0 Å². The molecule has 0 aromatic carbocycles. The van der Waals surface area contributed by atoms with Crippen molar-refractivity contribution in [1.82, 2.24) is 4.72 Å². The van der Waals surface area contributed by atoms with Gasteiger partial charge in [-0.3, -0.25) is 0 Å². The predicted octanol–water partition coefficient (Wildman–Crippen LogP) is 2.16. The second-order valence-electron chi connectivity index (χ2n) is 5.81. The van der Waals surface area contributed by atoms with E-state index in [1.807, 2.05) is 0 Å². The maximum Gasteiger partial charge on any atom is 0.389 e. The highest BCUT2D eigenvalue weighted by molar-refractivity contribution is 7.89. The van der Waals surface area contributed by atoms with E-state index in [4.69, 9.17) is 5.73 Å². The van der Waals surface area contributed by atoms with Gasteiger partial charge in [0, 0.05) is 18.5 Å². The molecule has 0 atom stereocenters. The number of alkyl halides is 3. The van der Waals surface area contributed by atoms with E-state index in [1.165, 1.54) is 0 Å². The number of rotatable bonds is 6. The minimum Gasteiger partial charge on any atom is -0.329 e. The lowest BCUT2D eigenvalue weighted by Crippen LogP contribution is -2.55. The molecule has 1 aliphatic rings. The van der Waals surface area contributed by atoms with Gasteiger partial charge >= 0.3 is 6.18 Å². The molecule has 1 rings (SSSR count). The zero-order valence-electron chi connectivity index (χ0n) is 11.7. The summed E-state index contributed by atoms with van der Waals surface area (Å²) in [5, 5.41) is 0. The van der Waals surface area contributed by atoms with E-state index < -0.39 is 40.3 Å². The molecule has 1 aliphatic carbocycles. The van der Waals surface area contributed by atoms with Crippen molar-refractivity contribution in [2.24, 2.45) is 11.7 Å². The van der Waals surface area contributed by atoms with Crippen LogP contribution in [0.5, 0.6) is 0 Å². The predicted molar refractivity (Wildman–Crippen MR) is 71.6 cm³/mol. The van der Waals surface area contributed by atoms with Crippen molar-refractivity contribution in [3.8, 4) is 0 Å². The van der Waals surface area contributed by atoms with Gasteiger partial charge in [0.25, 0.3) is 0 Å². The lowest BCUT2D eigenvalue weighted by atomic mass is 9.78. The fourth-order valence-electron chi connectivity index (χ4n) is 2.51. The lowest BCUT2D eigenvalue weighted by Gasteiger charge is -2.38. The van der Waals surface area contributed by atoms with Crippen LogP contribution in [-0.4, -0.2) is 32.4 Å². The number of halogens is 3. The average molecular weight is 316 g/mol. The molecule has 0 spiro atoms. The summed E-state index contributed by atoms with van der Waals surface area (Å²) in [5.74, 6) is 0.0218. The minimum absolute atomic E-state index is 0.179. The van der Waals surface area contributed by atoms with Gasteiger partial charge in [-0.1, -0.05) is 6.92 Å². The Bertz CT molecular complexity index is 401. The molecule has 20 heavy (non-hydrogen) atoms. The van der Waals surface area contributed by atoms with E-state index in [0.717, 1.165) is 12.8 Å². The zero-order chi connectivity index (χ0) is 15.4. The highest BCUT2D eigenvalue weighted by atomic mass is 32.2. The van der Waals surface area contributed by atoms with Crippen LogP contribution in [0.1, 0.15) is 45.4 Å². The molecule has 8 heteroatoms. The van der Waals surface area contributed by atoms with Gasteiger partial charge in [0.15, 0.2) is 0 Å². The summed E-state index contributed by atoms with van der Waals surface area (Å²) < 4.78 is 62.5. The Labute approximate surface area is 118 Å². The molecule has 0 radical (unpaired) electrons. The van der Waals surface area contributed by atoms with Crippen molar-refractivity contribution in [1.29, 1.82) is 0 Å².